The highest BCUT2D eigenvalue weighted by molar-refractivity contribution is 7.91. The van der Waals surface area contributed by atoms with Crippen LogP contribution in [0, 0.1) is 5.82 Å². The molecule has 3 aromatic heterocycles. The number of H-pyrrole nitrogens is 1. The summed E-state index contributed by atoms with van der Waals surface area (Å²) >= 11 is 0. The van der Waals surface area contributed by atoms with Gasteiger partial charge in [-0.2, -0.15) is 4.98 Å². The Morgan fingerprint density at radius 1 is 1.03 bits per heavy atom. The Bertz CT molecular complexity index is 1660. The van der Waals surface area contributed by atoms with E-state index < -0.39 is 26.1 Å². The lowest BCUT2D eigenvalue weighted by molar-refractivity contribution is 0.592. The van der Waals surface area contributed by atoms with Gasteiger partial charge in [0.2, 0.25) is 15.8 Å². The van der Waals surface area contributed by atoms with Crippen molar-refractivity contribution in [1.29, 1.82) is 0 Å². The van der Waals surface area contributed by atoms with Gasteiger partial charge in [0.25, 0.3) is 5.56 Å². The van der Waals surface area contributed by atoms with Gasteiger partial charge in [0, 0.05) is 41.4 Å². The molecular weight excluding hydrogens is 433 g/mol. The highest BCUT2D eigenvalue weighted by Crippen LogP contribution is 2.23. The van der Waals surface area contributed by atoms with Crippen molar-refractivity contribution in [3.05, 3.63) is 83.2 Å². The van der Waals surface area contributed by atoms with Crippen LogP contribution in [0.25, 0.3) is 21.9 Å². The molecule has 0 aliphatic carbocycles. The number of halogens is 1. The highest BCUT2D eigenvalue weighted by Gasteiger charge is 2.24. The van der Waals surface area contributed by atoms with E-state index in [9.17, 15) is 17.6 Å². The summed E-state index contributed by atoms with van der Waals surface area (Å²) in [7, 11) is -2.71. The van der Waals surface area contributed by atoms with E-state index in [1.54, 1.807) is 0 Å². The molecule has 0 bridgehead atoms. The van der Waals surface area contributed by atoms with Gasteiger partial charge in [-0.1, -0.05) is 0 Å². The summed E-state index contributed by atoms with van der Waals surface area (Å²) in [6.07, 6.45) is 3.29. The van der Waals surface area contributed by atoms with E-state index in [0.29, 0.717) is 5.39 Å². The van der Waals surface area contributed by atoms with Crippen molar-refractivity contribution in [2.75, 3.05) is 5.32 Å². The Hall–Kier alpha value is -4.05. The van der Waals surface area contributed by atoms with Crippen molar-refractivity contribution in [3.63, 3.8) is 0 Å². The van der Waals surface area contributed by atoms with E-state index in [4.69, 9.17) is 0 Å². The topological polar surface area (TPSA) is 110 Å². The number of nitrogens with zero attached hydrogens (tertiary/aromatic N) is 3. The lowest BCUT2D eigenvalue weighted by Crippen LogP contribution is -2.25. The Balaban J connectivity index is 1.57. The summed E-state index contributed by atoms with van der Waals surface area (Å²) < 4.78 is 40.3. The molecule has 0 saturated carbocycles. The second-order valence-corrected chi connectivity index (χ2v) is 9.13. The smallest absolute Gasteiger partial charge is 0.271 e. The van der Waals surface area contributed by atoms with Crippen LogP contribution in [0.1, 0.15) is 0 Å². The Morgan fingerprint density at radius 3 is 2.59 bits per heavy atom. The zero-order valence-corrected chi connectivity index (χ0v) is 17.5. The maximum absolute atomic E-state index is 13.2. The van der Waals surface area contributed by atoms with Crippen LogP contribution in [-0.2, 0) is 16.9 Å². The number of aromatic nitrogens is 4. The first-order valence-electron chi connectivity index (χ1n) is 9.54. The first kappa shape index (κ1) is 19.9. The minimum Gasteiger partial charge on any atom is -0.361 e. The number of aromatic amines is 1. The number of fused-ring (bicyclic) bond motifs is 2. The molecule has 0 spiro atoms. The summed E-state index contributed by atoms with van der Waals surface area (Å²) in [5.41, 5.74) is 1.29. The third-order valence-electron chi connectivity index (χ3n) is 5.14. The highest BCUT2D eigenvalue weighted by atomic mass is 32.2. The molecule has 0 radical (unpaired) electrons. The van der Waals surface area contributed by atoms with Gasteiger partial charge in [0.1, 0.15) is 16.4 Å². The zero-order chi connectivity index (χ0) is 22.5. The lowest BCUT2D eigenvalue weighted by Gasteiger charge is -2.11. The molecule has 0 saturated heterocycles. The van der Waals surface area contributed by atoms with Gasteiger partial charge >= 0.3 is 0 Å². The molecule has 3 heterocycles. The number of anilines is 2. The van der Waals surface area contributed by atoms with Gasteiger partial charge in [-0.15, -0.1) is 0 Å². The molecule has 0 atom stereocenters. The number of hydrogen-bond acceptors (Lipinski definition) is 6. The molecule has 0 amide bonds. The molecule has 2 aromatic carbocycles. The Kier molecular flexibility index (Phi) is 4.52. The van der Waals surface area contributed by atoms with Gasteiger partial charge < -0.3 is 10.3 Å². The largest absolute Gasteiger partial charge is 0.361 e. The number of nitrogens with one attached hydrogen (secondary N) is 2. The minimum atomic E-state index is -4.15. The normalized spacial score (nSPS) is 11.8. The number of aryl methyl sites for hydroxylation is 1. The SMILES string of the molecule is Cn1c(=O)c(S(=O)(=O)c2ccc(F)cc2)cc2cnc(Nc3ccc4[nH]ccc4c3)nc21. The van der Waals surface area contributed by atoms with E-state index in [-0.39, 0.29) is 16.5 Å². The average molecular weight is 449 g/mol. The minimum absolute atomic E-state index is 0.172. The predicted octanol–water partition coefficient (Wildman–Crippen LogP) is 3.53. The fourth-order valence-electron chi connectivity index (χ4n) is 3.47. The van der Waals surface area contributed by atoms with Crippen molar-refractivity contribution >= 4 is 43.4 Å². The maximum atomic E-state index is 13.2. The number of hydrogen-bond donors (Lipinski definition) is 2. The van der Waals surface area contributed by atoms with E-state index >= 15 is 0 Å². The molecule has 8 nitrogen and oxygen atoms in total. The average Bonchev–Trinajstić information content (AvgIpc) is 3.24. The number of benzene rings is 2. The van der Waals surface area contributed by atoms with Crippen LogP contribution in [0.2, 0.25) is 0 Å². The molecule has 0 aliphatic rings. The quantitative estimate of drug-likeness (QED) is 0.406. The van der Waals surface area contributed by atoms with Crippen LogP contribution < -0.4 is 10.9 Å². The molecule has 160 valence electrons. The van der Waals surface area contributed by atoms with E-state index in [0.717, 1.165) is 45.4 Å². The van der Waals surface area contributed by atoms with Gasteiger partial charge in [-0.3, -0.25) is 9.36 Å². The van der Waals surface area contributed by atoms with Crippen molar-refractivity contribution in [3.8, 4) is 0 Å². The summed E-state index contributed by atoms with van der Waals surface area (Å²) in [6, 6.07) is 13.2. The van der Waals surface area contributed by atoms with Crippen molar-refractivity contribution in [1.82, 2.24) is 19.5 Å². The van der Waals surface area contributed by atoms with Gasteiger partial charge in [0.15, 0.2) is 0 Å². The number of sulfone groups is 1. The van der Waals surface area contributed by atoms with Crippen LogP contribution >= 0.6 is 0 Å². The molecule has 10 heteroatoms. The first-order chi connectivity index (χ1) is 15.3. The molecule has 5 rings (SSSR count). The molecule has 0 unspecified atom stereocenters. The summed E-state index contributed by atoms with van der Waals surface area (Å²) in [5.74, 6) is -0.309. The van der Waals surface area contributed by atoms with Crippen LogP contribution in [0.3, 0.4) is 0 Å². The third-order valence-corrected chi connectivity index (χ3v) is 6.90. The predicted molar refractivity (Wildman–Crippen MR) is 118 cm³/mol. The molecule has 2 N–H and O–H groups in total. The molecule has 32 heavy (non-hydrogen) atoms. The zero-order valence-electron chi connectivity index (χ0n) is 16.7. The van der Waals surface area contributed by atoms with Crippen LogP contribution in [-0.4, -0.2) is 27.9 Å². The van der Waals surface area contributed by atoms with Gasteiger partial charge in [-0.25, -0.2) is 17.8 Å². The first-order valence-corrected chi connectivity index (χ1v) is 11.0. The second-order valence-electron chi connectivity index (χ2n) is 7.21. The monoisotopic (exact) mass is 449 g/mol. The Morgan fingerprint density at radius 2 is 1.81 bits per heavy atom. The summed E-state index contributed by atoms with van der Waals surface area (Å²) in [4.78, 5) is 24.0. The van der Waals surface area contributed by atoms with E-state index in [1.165, 1.54) is 19.3 Å². The van der Waals surface area contributed by atoms with Gasteiger partial charge in [-0.05, 0) is 54.6 Å². The number of rotatable bonds is 4. The lowest BCUT2D eigenvalue weighted by atomic mass is 10.2. The summed E-state index contributed by atoms with van der Waals surface area (Å²) in [6.45, 7) is 0. The fourth-order valence-corrected chi connectivity index (χ4v) is 4.87. The van der Waals surface area contributed by atoms with E-state index in [2.05, 4.69) is 20.3 Å². The van der Waals surface area contributed by atoms with Gasteiger partial charge in [0.05, 0.1) is 4.90 Å². The van der Waals surface area contributed by atoms with Crippen LogP contribution in [0.5, 0.6) is 0 Å². The van der Waals surface area contributed by atoms with Crippen LogP contribution in [0.4, 0.5) is 16.0 Å². The molecule has 5 aromatic rings. The second kappa shape index (κ2) is 7.27. The number of pyridine rings is 1. The molecular formula is C22H16FN5O3S. The van der Waals surface area contributed by atoms with Crippen molar-refractivity contribution in [2.45, 2.75) is 9.79 Å². The fraction of sp³-hybridized carbons (Fsp3) is 0.0455. The summed E-state index contributed by atoms with van der Waals surface area (Å²) in [5, 5.41) is 4.48. The van der Waals surface area contributed by atoms with Crippen molar-refractivity contribution in [2.24, 2.45) is 7.05 Å². The van der Waals surface area contributed by atoms with E-state index in [1.807, 2.05) is 30.5 Å². The molecule has 0 aliphatic heterocycles. The molecule has 0 fully saturated rings. The van der Waals surface area contributed by atoms with Crippen molar-refractivity contribution < 1.29 is 12.8 Å². The standard InChI is InChI=1S/C22H16FN5O3S/c1-28-20-14(11-19(21(28)29)32(30,31)17-5-2-15(23)3-6-17)12-25-22(27-20)26-16-4-7-18-13(10-16)8-9-24-18/h2-12,24H,1H3,(H,25,26,27). The Labute approximate surface area is 181 Å². The third kappa shape index (κ3) is 3.30. The maximum Gasteiger partial charge on any atom is 0.271 e. The van der Waals surface area contributed by atoms with Crippen LogP contribution in [0.15, 0.2) is 81.6 Å².